The summed E-state index contributed by atoms with van der Waals surface area (Å²) < 4.78 is 8.04. The zero-order chi connectivity index (χ0) is 14.8. The van der Waals surface area contributed by atoms with Crippen molar-refractivity contribution < 1.29 is 4.74 Å². The van der Waals surface area contributed by atoms with Gasteiger partial charge in [-0.3, -0.25) is 0 Å². The molecule has 21 heavy (non-hydrogen) atoms. The van der Waals surface area contributed by atoms with E-state index in [1.54, 1.807) is 13.3 Å². The second kappa shape index (κ2) is 5.79. The summed E-state index contributed by atoms with van der Waals surface area (Å²) in [6.45, 7) is 1.38. The molecule has 6 nitrogen and oxygen atoms in total. The van der Waals surface area contributed by atoms with Gasteiger partial charge in [0.15, 0.2) is 0 Å². The molecule has 0 saturated carbocycles. The fourth-order valence-corrected chi connectivity index (χ4v) is 2.60. The van der Waals surface area contributed by atoms with Gasteiger partial charge in [-0.25, -0.2) is 15.0 Å². The van der Waals surface area contributed by atoms with Crippen molar-refractivity contribution >= 4 is 32.8 Å². The summed E-state index contributed by atoms with van der Waals surface area (Å²) in [5.74, 6) is 0.262. The molecule has 3 heterocycles. The molecule has 0 aliphatic heterocycles. The van der Waals surface area contributed by atoms with Crippen LogP contribution in [-0.2, 0) is 11.3 Å². The van der Waals surface area contributed by atoms with E-state index in [0.717, 1.165) is 33.3 Å². The molecule has 0 radical (unpaired) electrons. The maximum Gasteiger partial charge on any atom is 0.220 e. The van der Waals surface area contributed by atoms with Crippen LogP contribution in [0.3, 0.4) is 0 Å². The standard InChI is InChI=1S/C14H14BrN5O/c1-21-5-4-20-8-10(11-2-3-17-14(16)19-11)9-6-13(15)18-7-12(9)20/h2-3,6-8H,4-5H2,1H3,(H2,16,17,19). The predicted octanol–water partition coefficient (Wildman–Crippen LogP) is 2.48. The van der Waals surface area contributed by atoms with Crippen molar-refractivity contribution in [3.05, 3.63) is 35.3 Å². The van der Waals surface area contributed by atoms with Gasteiger partial charge in [0.1, 0.15) is 4.60 Å². The SMILES string of the molecule is COCCn1cc(-c2ccnc(N)n2)c2cc(Br)ncc21. The van der Waals surface area contributed by atoms with Crippen molar-refractivity contribution in [3.63, 3.8) is 0 Å². The predicted molar refractivity (Wildman–Crippen MR) is 84.7 cm³/mol. The molecule has 0 aromatic carbocycles. The van der Waals surface area contributed by atoms with E-state index in [-0.39, 0.29) is 5.95 Å². The molecule has 108 valence electrons. The quantitative estimate of drug-likeness (QED) is 0.733. The topological polar surface area (TPSA) is 78.9 Å². The van der Waals surface area contributed by atoms with E-state index in [2.05, 4.69) is 35.4 Å². The first-order valence-electron chi connectivity index (χ1n) is 6.41. The van der Waals surface area contributed by atoms with Crippen molar-refractivity contribution in [3.8, 4) is 11.3 Å². The van der Waals surface area contributed by atoms with Gasteiger partial charge in [0.05, 0.1) is 24.0 Å². The Balaban J connectivity index is 2.19. The normalized spacial score (nSPS) is 11.1. The second-order valence-electron chi connectivity index (χ2n) is 4.55. The van der Waals surface area contributed by atoms with Crippen LogP contribution in [-0.4, -0.2) is 33.2 Å². The Morgan fingerprint density at radius 3 is 3.00 bits per heavy atom. The number of nitrogen functional groups attached to an aromatic ring is 1. The average molecular weight is 348 g/mol. The number of nitrogens with two attached hydrogens (primary N) is 1. The lowest BCUT2D eigenvalue weighted by molar-refractivity contribution is 0.188. The van der Waals surface area contributed by atoms with Crippen LogP contribution in [0.15, 0.2) is 35.3 Å². The van der Waals surface area contributed by atoms with Gasteiger partial charge in [-0.2, -0.15) is 0 Å². The zero-order valence-corrected chi connectivity index (χ0v) is 13.0. The van der Waals surface area contributed by atoms with E-state index in [4.69, 9.17) is 10.5 Å². The molecule has 3 aromatic rings. The van der Waals surface area contributed by atoms with Crippen molar-refractivity contribution in [2.24, 2.45) is 0 Å². The van der Waals surface area contributed by atoms with E-state index >= 15 is 0 Å². The van der Waals surface area contributed by atoms with Crippen LogP contribution in [0.5, 0.6) is 0 Å². The Morgan fingerprint density at radius 2 is 2.24 bits per heavy atom. The Hall–Kier alpha value is -1.99. The molecule has 2 N–H and O–H groups in total. The van der Waals surface area contributed by atoms with Crippen LogP contribution in [0.2, 0.25) is 0 Å². The number of pyridine rings is 1. The molecule has 0 spiro atoms. The number of nitrogens with zero attached hydrogens (tertiary/aromatic N) is 4. The number of halogens is 1. The Bertz CT molecular complexity index is 786. The Labute approximate surface area is 130 Å². The molecule has 0 bridgehead atoms. The lowest BCUT2D eigenvalue weighted by Crippen LogP contribution is -2.02. The summed E-state index contributed by atoms with van der Waals surface area (Å²) in [4.78, 5) is 12.5. The number of rotatable bonds is 4. The van der Waals surface area contributed by atoms with E-state index in [1.807, 2.05) is 24.5 Å². The summed E-state index contributed by atoms with van der Waals surface area (Å²) in [6.07, 6.45) is 5.54. The molecule has 7 heteroatoms. The highest BCUT2D eigenvalue weighted by Crippen LogP contribution is 2.30. The van der Waals surface area contributed by atoms with Crippen molar-refractivity contribution in [2.75, 3.05) is 19.5 Å². The Kier molecular flexibility index (Phi) is 3.85. The van der Waals surface area contributed by atoms with E-state index in [9.17, 15) is 0 Å². The largest absolute Gasteiger partial charge is 0.383 e. The highest BCUT2D eigenvalue weighted by molar-refractivity contribution is 9.10. The molecule has 3 aromatic heterocycles. The number of aromatic nitrogens is 4. The summed E-state index contributed by atoms with van der Waals surface area (Å²) in [7, 11) is 1.69. The number of hydrogen-bond donors (Lipinski definition) is 1. The minimum atomic E-state index is 0.262. The highest BCUT2D eigenvalue weighted by Gasteiger charge is 2.12. The first kappa shape index (κ1) is 14.0. The number of anilines is 1. The zero-order valence-electron chi connectivity index (χ0n) is 11.5. The third kappa shape index (κ3) is 2.74. The fourth-order valence-electron chi connectivity index (χ4n) is 2.26. The van der Waals surface area contributed by atoms with Crippen LogP contribution in [0.4, 0.5) is 5.95 Å². The first-order valence-corrected chi connectivity index (χ1v) is 7.20. The molecule has 0 saturated heterocycles. The van der Waals surface area contributed by atoms with Gasteiger partial charge in [-0.05, 0) is 28.1 Å². The molecular formula is C14H14BrN5O. The van der Waals surface area contributed by atoms with E-state index in [1.165, 1.54) is 0 Å². The average Bonchev–Trinajstić information content (AvgIpc) is 2.83. The third-order valence-electron chi connectivity index (χ3n) is 3.22. The monoisotopic (exact) mass is 347 g/mol. The van der Waals surface area contributed by atoms with Crippen molar-refractivity contribution in [1.82, 2.24) is 19.5 Å². The molecule has 0 amide bonds. The number of fused-ring (bicyclic) bond motifs is 1. The molecule has 0 fully saturated rings. The number of methoxy groups -OCH3 is 1. The van der Waals surface area contributed by atoms with Crippen molar-refractivity contribution in [2.45, 2.75) is 6.54 Å². The van der Waals surface area contributed by atoms with Gasteiger partial charge < -0.3 is 15.0 Å². The summed E-state index contributed by atoms with van der Waals surface area (Å²) >= 11 is 3.41. The van der Waals surface area contributed by atoms with Crippen LogP contribution in [0.25, 0.3) is 22.2 Å². The molecule has 0 aliphatic carbocycles. The summed E-state index contributed by atoms with van der Waals surface area (Å²) in [5.41, 5.74) is 8.51. The Morgan fingerprint density at radius 1 is 1.38 bits per heavy atom. The highest BCUT2D eigenvalue weighted by atomic mass is 79.9. The second-order valence-corrected chi connectivity index (χ2v) is 5.37. The van der Waals surface area contributed by atoms with Gasteiger partial charge in [0.2, 0.25) is 5.95 Å². The molecule has 3 rings (SSSR count). The van der Waals surface area contributed by atoms with Crippen LogP contribution in [0.1, 0.15) is 0 Å². The first-order chi connectivity index (χ1) is 10.2. The van der Waals surface area contributed by atoms with Gasteiger partial charge >= 0.3 is 0 Å². The maximum absolute atomic E-state index is 5.69. The lowest BCUT2D eigenvalue weighted by Gasteiger charge is -2.03. The van der Waals surface area contributed by atoms with Crippen LogP contribution >= 0.6 is 15.9 Å². The molecule has 0 unspecified atom stereocenters. The third-order valence-corrected chi connectivity index (χ3v) is 3.65. The van der Waals surface area contributed by atoms with E-state index < -0.39 is 0 Å². The summed E-state index contributed by atoms with van der Waals surface area (Å²) in [6, 6.07) is 3.83. The lowest BCUT2D eigenvalue weighted by atomic mass is 10.1. The fraction of sp³-hybridized carbons (Fsp3) is 0.214. The maximum atomic E-state index is 5.69. The minimum absolute atomic E-state index is 0.262. The minimum Gasteiger partial charge on any atom is -0.383 e. The van der Waals surface area contributed by atoms with Crippen molar-refractivity contribution in [1.29, 1.82) is 0 Å². The molecule has 0 aliphatic rings. The van der Waals surface area contributed by atoms with Crippen LogP contribution in [0, 0.1) is 0 Å². The molecular weight excluding hydrogens is 334 g/mol. The number of ether oxygens (including phenoxy) is 1. The van der Waals surface area contributed by atoms with Crippen LogP contribution < -0.4 is 5.73 Å². The number of hydrogen-bond acceptors (Lipinski definition) is 5. The van der Waals surface area contributed by atoms with Gasteiger partial charge in [-0.15, -0.1) is 0 Å². The smallest absolute Gasteiger partial charge is 0.220 e. The van der Waals surface area contributed by atoms with Gasteiger partial charge in [0.25, 0.3) is 0 Å². The van der Waals surface area contributed by atoms with Gasteiger partial charge in [-0.1, -0.05) is 0 Å². The molecule has 0 atom stereocenters. The van der Waals surface area contributed by atoms with Gasteiger partial charge in [0, 0.05) is 37.0 Å². The van der Waals surface area contributed by atoms with E-state index in [0.29, 0.717) is 6.61 Å². The summed E-state index contributed by atoms with van der Waals surface area (Å²) in [5, 5.41) is 1.06.